The molecule has 2 N–H and O–H groups in total. The van der Waals surface area contributed by atoms with E-state index in [0.717, 1.165) is 19.4 Å². The van der Waals surface area contributed by atoms with Crippen LogP contribution in [0.25, 0.3) is 0 Å². The van der Waals surface area contributed by atoms with Gasteiger partial charge in [0, 0.05) is 19.4 Å². The predicted molar refractivity (Wildman–Crippen MR) is 43.2 cm³/mol. The lowest BCUT2D eigenvalue weighted by Gasteiger charge is -2.36. The fraction of sp³-hybridized carbons (Fsp3) is 1.00. The monoisotopic (exact) mass is 159 g/mol. The van der Waals surface area contributed by atoms with Crippen LogP contribution in [0.15, 0.2) is 0 Å². The molecule has 0 aromatic carbocycles. The van der Waals surface area contributed by atoms with Gasteiger partial charge in [0.1, 0.15) is 5.72 Å². The first-order valence-electron chi connectivity index (χ1n) is 4.21. The average Bonchev–Trinajstić information content (AvgIpc) is 1.86. The van der Waals surface area contributed by atoms with Crippen molar-refractivity contribution < 1.29 is 9.47 Å². The maximum Gasteiger partial charge on any atom is 0.121 e. The average molecular weight is 159 g/mol. The molecule has 2 unspecified atom stereocenters. The standard InChI is InChI=1S/C8H17NO2/c1-3-11-8(9)4-5-10-7(2)6-8/h7H,3-6,9H2,1-2H3. The van der Waals surface area contributed by atoms with Crippen LogP contribution >= 0.6 is 0 Å². The van der Waals surface area contributed by atoms with Gasteiger partial charge in [-0.3, -0.25) is 0 Å². The highest BCUT2D eigenvalue weighted by Crippen LogP contribution is 2.22. The summed E-state index contributed by atoms with van der Waals surface area (Å²) in [5.41, 5.74) is 5.53. The Bertz CT molecular complexity index is 125. The molecule has 3 nitrogen and oxygen atoms in total. The molecule has 1 rings (SSSR count). The normalized spacial score (nSPS) is 39.0. The molecule has 0 amide bonds. The summed E-state index contributed by atoms with van der Waals surface area (Å²) in [6.07, 6.45) is 1.85. The summed E-state index contributed by atoms with van der Waals surface area (Å²) in [7, 11) is 0. The maximum absolute atomic E-state index is 5.96. The SMILES string of the molecule is CCOC1(N)CCOC(C)C1. The van der Waals surface area contributed by atoms with Crippen molar-refractivity contribution in [3.8, 4) is 0 Å². The Kier molecular flexibility index (Phi) is 2.87. The van der Waals surface area contributed by atoms with Crippen molar-refractivity contribution >= 4 is 0 Å². The van der Waals surface area contributed by atoms with Crippen LogP contribution in [0.3, 0.4) is 0 Å². The fourth-order valence-electron chi connectivity index (χ4n) is 1.50. The minimum absolute atomic E-state index is 0.236. The second-order valence-corrected chi connectivity index (χ2v) is 3.13. The predicted octanol–water partition coefficient (Wildman–Crippen LogP) is 0.877. The molecule has 0 radical (unpaired) electrons. The summed E-state index contributed by atoms with van der Waals surface area (Å²) in [5.74, 6) is 0. The maximum atomic E-state index is 5.96. The van der Waals surface area contributed by atoms with Gasteiger partial charge in [-0.2, -0.15) is 0 Å². The molecular weight excluding hydrogens is 142 g/mol. The van der Waals surface area contributed by atoms with Crippen LogP contribution in [0.4, 0.5) is 0 Å². The van der Waals surface area contributed by atoms with E-state index in [9.17, 15) is 0 Å². The van der Waals surface area contributed by atoms with Crippen molar-refractivity contribution in [3.05, 3.63) is 0 Å². The minimum Gasteiger partial charge on any atom is -0.378 e. The van der Waals surface area contributed by atoms with Crippen molar-refractivity contribution in [2.45, 2.75) is 38.5 Å². The van der Waals surface area contributed by atoms with Crippen LogP contribution in [-0.2, 0) is 9.47 Å². The Hall–Kier alpha value is -0.120. The molecule has 1 aliphatic heterocycles. The second kappa shape index (κ2) is 3.52. The van der Waals surface area contributed by atoms with Gasteiger partial charge < -0.3 is 15.2 Å². The molecule has 0 bridgehead atoms. The molecule has 1 fully saturated rings. The number of rotatable bonds is 2. The molecule has 1 aliphatic rings. The van der Waals surface area contributed by atoms with Gasteiger partial charge in [0.25, 0.3) is 0 Å². The van der Waals surface area contributed by atoms with E-state index in [0.29, 0.717) is 6.61 Å². The molecule has 0 aliphatic carbocycles. The zero-order valence-electron chi connectivity index (χ0n) is 7.30. The van der Waals surface area contributed by atoms with Gasteiger partial charge in [0.2, 0.25) is 0 Å². The smallest absolute Gasteiger partial charge is 0.121 e. The third-order valence-electron chi connectivity index (χ3n) is 1.99. The molecule has 0 spiro atoms. The molecule has 2 atom stereocenters. The van der Waals surface area contributed by atoms with Crippen molar-refractivity contribution in [1.82, 2.24) is 0 Å². The number of hydrogen-bond acceptors (Lipinski definition) is 3. The van der Waals surface area contributed by atoms with E-state index in [-0.39, 0.29) is 6.10 Å². The van der Waals surface area contributed by atoms with Gasteiger partial charge in [-0.15, -0.1) is 0 Å². The first-order valence-corrected chi connectivity index (χ1v) is 4.21. The van der Waals surface area contributed by atoms with E-state index in [2.05, 4.69) is 0 Å². The summed E-state index contributed by atoms with van der Waals surface area (Å²) < 4.78 is 10.8. The number of hydrogen-bond donors (Lipinski definition) is 1. The number of ether oxygens (including phenoxy) is 2. The van der Waals surface area contributed by atoms with Crippen molar-refractivity contribution in [3.63, 3.8) is 0 Å². The minimum atomic E-state index is -0.424. The summed E-state index contributed by atoms with van der Waals surface area (Å²) in [6, 6.07) is 0. The van der Waals surface area contributed by atoms with E-state index >= 15 is 0 Å². The number of nitrogens with two attached hydrogens (primary N) is 1. The topological polar surface area (TPSA) is 44.5 Å². The first kappa shape index (κ1) is 8.97. The fourth-order valence-corrected chi connectivity index (χ4v) is 1.50. The molecule has 0 aromatic heterocycles. The molecule has 1 saturated heterocycles. The van der Waals surface area contributed by atoms with E-state index in [1.165, 1.54) is 0 Å². The summed E-state index contributed by atoms with van der Waals surface area (Å²) >= 11 is 0. The van der Waals surface area contributed by atoms with Gasteiger partial charge in [-0.1, -0.05) is 0 Å². The molecular formula is C8H17NO2. The zero-order valence-corrected chi connectivity index (χ0v) is 7.30. The third-order valence-corrected chi connectivity index (χ3v) is 1.99. The second-order valence-electron chi connectivity index (χ2n) is 3.13. The molecule has 66 valence electrons. The van der Waals surface area contributed by atoms with Crippen molar-refractivity contribution in [1.29, 1.82) is 0 Å². The zero-order chi connectivity index (χ0) is 8.32. The van der Waals surface area contributed by atoms with Crippen molar-refractivity contribution in [2.24, 2.45) is 5.73 Å². The molecule has 11 heavy (non-hydrogen) atoms. The van der Waals surface area contributed by atoms with E-state index in [1.54, 1.807) is 0 Å². The van der Waals surface area contributed by atoms with Crippen LogP contribution in [0.5, 0.6) is 0 Å². The lowest BCUT2D eigenvalue weighted by atomic mass is 10.0. The Morgan fingerprint density at radius 2 is 2.45 bits per heavy atom. The van der Waals surface area contributed by atoms with Gasteiger partial charge in [-0.25, -0.2) is 0 Å². The molecule has 3 heteroatoms. The van der Waals surface area contributed by atoms with Gasteiger partial charge >= 0.3 is 0 Å². The highest BCUT2D eigenvalue weighted by molar-refractivity contribution is 4.80. The largest absolute Gasteiger partial charge is 0.378 e. The third kappa shape index (κ3) is 2.43. The Balaban J connectivity index is 2.41. The highest BCUT2D eigenvalue weighted by atomic mass is 16.5. The Labute approximate surface area is 67.9 Å². The summed E-state index contributed by atoms with van der Waals surface area (Å²) in [4.78, 5) is 0. The van der Waals surface area contributed by atoms with Crippen LogP contribution in [0.1, 0.15) is 26.7 Å². The van der Waals surface area contributed by atoms with Crippen LogP contribution in [0, 0.1) is 0 Å². The first-order chi connectivity index (χ1) is 5.16. The van der Waals surface area contributed by atoms with Gasteiger partial charge in [0.15, 0.2) is 0 Å². The van der Waals surface area contributed by atoms with E-state index < -0.39 is 5.72 Å². The molecule has 0 saturated carbocycles. The van der Waals surface area contributed by atoms with E-state index in [4.69, 9.17) is 15.2 Å². The van der Waals surface area contributed by atoms with Crippen LogP contribution in [-0.4, -0.2) is 25.0 Å². The molecule has 1 heterocycles. The van der Waals surface area contributed by atoms with Crippen LogP contribution in [0.2, 0.25) is 0 Å². The van der Waals surface area contributed by atoms with Crippen molar-refractivity contribution in [2.75, 3.05) is 13.2 Å². The van der Waals surface area contributed by atoms with E-state index in [1.807, 2.05) is 13.8 Å². The van der Waals surface area contributed by atoms with Gasteiger partial charge in [0.05, 0.1) is 12.7 Å². The van der Waals surface area contributed by atoms with Crippen LogP contribution < -0.4 is 5.73 Å². The Morgan fingerprint density at radius 3 is 3.00 bits per heavy atom. The summed E-state index contributed by atoms with van der Waals surface area (Å²) in [5, 5.41) is 0. The highest BCUT2D eigenvalue weighted by Gasteiger charge is 2.31. The lowest BCUT2D eigenvalue weighted by molar-refractivity contribution is -0.127. The molecule has 0 aromatic rings. The van der Waals surface area contributed by atoms with Gasteiger partial charge in [-0.05, 0) is 13.8 Å². The quantitative estimate of drug-likeness (QED) is 0.608. The summed E-state index contributed by atoms with van der Waals surface area (Å²) in [6.45, 7) is 5.40. The Morgan fingerprint density at radius 1 is 1.73 bits per heavy atom. The lowest BCUT2D eigenvalue weighted by Crippen LogP contribution is -2.49.